The van der Waals surface area contributed by atoms with E-state index in [1.54, 1.807) is 41.3 Å². The first kappa shape index (κ1) is 22.7. The van der Waals surface area contributed by atoms with Crippen LogP contribution in [0.25, 0.3) is 10.9 Å². The van der Waals surface area contributed by atoms with E-state index in [1.165, 1.54) is 18.2 Å². The Morgan fingerprint density at radius 1 is 1.09 bits per heavy atom. The number of carboxylic acid groups (broad SMARTS) is 1. The van der Waals surface area contributed by atoms with Gasteiger partial charge in [0.15, 0.2) is 6.61 Å². The van der Waals surface area contributed by atoms with Gasteiger partial charge in [0.25, 0.3) is 5.91 Å². The van der Waals surface area contributed by atoms with Gasteiger partial charge in [-0.15, -0.1) is 0 Å². The molecule has 1 saturated heterocycles. The van der Waals surface area contributed by atoms with Gasteiger partial charge >= 0.3 is 5.97 Å². The van der Waals surface area contributed by atoms with Gasteiger partial charge in [0.1, 0.15) is 5.82 Å². The number of carboxylic acids is 1. The fourth-order valence-electron chi connectivity index (χ4n) is 4.21. The number of fused-ring (bicyclic) bond motifs is 1. The van der Waals surface area contributed by atoms with Gasteiger partial charge in [0.05, 0.1) is 11.1 Å². The molecule has 4 rings (SSSR count). The Bertz CT molecular complexity index is 1170. The first-order valence-corrected chi connectivity index (χ1v) is 10.9. The molecule has 0 aliphatic carbocycles. The van der Waals surface area contributed by atoms with Crippen LogP contribution in [0.3, 0.4) is 0 Å². The average molecular weight is 451 g/mol. The smallest absolute Gasteiger partial charge is 0.336 e. The van der Waals surface area contributed by atoms with Gasteiger partial charge in [0, 0.05) is 43.2 Å². The average Bonchev–Trinajstić information content (AvgIpc) is 2.80. The highest BCUT2D eigenvalue weighted by Crippen LogP contribution is 2.23. The number of piperazine rings is 1. The summed E-state index contributed by atoms with van der Waals surface area (Å²) in [4.78, 5) is 32.9. The summed E-state index contributed by atoms with van der Waals surface area (Å²) in [5.41, 5.74) is 1.60. The van der Waals surface area contributed by atoms with Crippen LogP contribution in [0.1, 0.15) is 29.8 Å². The summed E-state index contributed by atoms with van der Waals surface area (Å²) in [5, 5.41) is 10.0. The summed E-state index contributed by atoms with van der Waals surface area (Å²) in [6.07, 6.45) is 0. The Kier molecular flexibility index (Phi) is 6.55. The number of carbonyl (C=O) groups is 2. The molecule has 1 amide bonds. The van der Waals surface area contributed by atoms with E-state index in [1.807, 2.05) is 6.92 Å². The summed E-state index contributed by atoms with van der Waals surface area (Å²) in [6.45, 7) is 5.72. The summed E-state index contributed by atoms with van der Waals surface area (Å²) < 4.78 is 18.8. The first-order chi connectivity index (χ1) is 15.8. The minimum Gasteiger partial charge on any atom is -0.478 e. The van der Waals surface area contributed by atoms with Crippen LogP contribution in [0.15, 0.2) is 54.6 Å². The lowest BCUT2D eigenvalue weighted by atomic mass is 10.1. The zero-order chi connectivity index (χ0) is 23.5. The fourth-order valence-corrected chi connectivity index (χ4v) is 4.21. The fraction of sp³-hybridized carbons (Fsp3) is 0.320. The number of ether oxygens (including phenoxy) is 1. The third kappa shape index (κ3) is 5.12. The van der Waals surface area contributed by atoms with E-state index >= 15 is 0 Å². The molecule has 1 aromatic heterocycles. The maximum Gasteiger partial charge on any atom is 0.336 e. The molecule has 7 nitrogen and oxygen atoms in total. The van der Waals surface area contributed by atoms with Crippen LogP contribution in [0.5, 0.6) is 5.88 Å². The Hall–Kier alpha value is -3.52. The van der Waals surface area contributed by atoms with Crippen molar-refractivity contribution in [2.24, 2.45) is 0 Å². The molecule has 0 spiro atoms. The second kappa shape index (κ2) is 9.54. The Morgan fingerprint density at radius 2 is 1.82 bits per heavy atom. The van der Waals surface area contributed by atoms with Gasteiger partial charge in [-0.3, -0.25) is 9.69 Å². The Morgan fingerprint density at radius 3 is 2.55 bits per heavy atom. The number of hydrogen-bond donors (Lipinski definition) is 1. The van der Waals surface area contributed by atoms with E-state index in [4.69, 9.17) is 4.74 Å². The van der Waals surface area contributed by atoms with Crippen molar-refractivity contribution in [1.29, 1.82) is 0 Å². The van der Waals surface area contributed by atoms with E-state index < -0.39 is 5.97 Å². The van der Waals surface area contributed by atoms with Crippen LogP contribution >= 0.6 is 0 Å². The zero-order valence-electron chi connectivity index (χ0n) is 18.6. The van der Waals surface area contributed by atoms with Gasteiger partial charge in [-0.2, -0.15) is 0 Å². The molecule has 0 bridgehead atoms. The number of amides is 1. The van der Waals surface area contributed by atoms with Crippen molar-refractivity contribution in [3.05, 3.63) is 71.5 Å². The van der Waals surface area contributed by atoms with Crippen LogP contribution in [-0.2, 0) is 11.3 Å². The Labute approximate surface area is 191 Å². The molecule has 172 valence electrons. The van der Waals surface area contributed by atoms with Crippen molar-refractivity contribution in [1.82, 2.24) is 14.8 Å². The molecule has 0 radical (unpaired) electrons. The number of aromatic nitrogens is 1. The van der Waals surface area contributed by atoms with Crippen LogP contribution in [0, 0.1) is 5.82 Å². The van der Waals surface area contributed by atoms with Crippen molar-refractivity contribution in [2.75, 3.05) is 19.7 Å². The van der Waals surface area contributed by atoms with Crippen molar-refractivity contribution in [3.63, 3.8) is 0 Å². The zero-order valence-corrected chi connectivity index (χ0v) is 18.6. The van der Waals surface area contributed by atoms with E-state index in [0.29, 0.717) is 30.5 Å². The Balaban J connectivity index is 1.40. The van der Waals surface area contributed by atoms with E-state index in [-0.39, 0.29) is 41.9 Å². The summed E-state index contributed by atoms with van der Waals surface area (Å²) >= 11 is 0. The number of benzene rings is 2. The largest absolute Gasteiger partial charge is 0.478 e. The second-order valence-electron chi connectivity index (χ2n) is 8.42. The van der Waals surface area contributed by atoms with Gasteiger partial charge in [-0.1, -0.05) is 30.3 Å². The minimum absolute atomic E-state index is 0.0307. The molecule has 8 heteroatoms. The van der Waals surface area contributed by atoms with Crippen molar-refractivity contribution >= 4 is 22.8 Å². The number of para-hydroxylation sites is 1. The predicted molar refractivity (Wildman–Crippen MR) is 122 cm³/mol. The molecule has 2 atom stereocenters. The van der Waals surface area contributed by atoms with Crippen LogP contribution in [-0.4, -0.2) is 63.5 Å². The summed E-state index contributed by atoms with van der Waals surface area (Å²) in [7, 11) is 0. The molecule has 3 aromatic rings. The molecule has 2 heterocycles. The van der Waals surface area contributed by atoms with Gasteiger partial charge in [0.2, 0.25) is 5.88 Å². The number of carbonyl (C=O) groups excluding carboxylic acids is 1. The van der Waals surface area contributed by atoms with Crippen molar-refractivity contribution in [2.45, 2.75) is 32.5 Å². The lowest BCUT2D eigenvalue weighted by molar-refractivity contribution is -0.139. The number of nitrogens with zero attached hydrogens (tertiary/aromatic N) is 3. The minimum atomic E-state index is -1.08. The molecule has 1 aliphatic rings. The predicted octanol–water partition coefficient (Wildman–Crippen LogP) is 3.57. The molecular weight excluding hydrogens is 425 g/mol. The number of rotatable bonds is 6. The molecule has 1 fully saturated rings. The topological polar surface area (TPSA) is 83.0 Å². The lowest BCUT2D eigenvalue weighted by Gasteiger charge is -2.44. The molecule has 2 aromatic carbocycles. The standard InChI is InChI=1S/C25H26FN3O4/c1-16-13-29(17(2)12-28(16)14-18-7-9-19(26)10-8-18)24(30)15-33-23-11-21(25(31)32)20-5-3-4-6-22(20)27-23/h3-11,16-17H,12-15H2,1-2H3,(H,31,32)/t16-,17+/m0/s1. The maximum atomic E-state index is 13.2. The monoisotopic (exact) mass is 451 g/mol. The number of aromatic carboxylic acids is 1. The second-order valence-corrected chi connectivity index (χ2v) is 8.42. The maximum absolute atomic E-state index is 13.2. The van der Waals surface area contributed by atoms with E-state index in [9.17, 15) is 19.1 Å². The molecule has 33 heavy (non-hydrogen) atoms. The molecule has 1 aliphatic heterocycles. The SMILES string of the molecule is C[C@@H]1CN(Cc2ccc(F)cc2)[C@@H](C)CN1C(=O)COc1cc(C(=O)O)c2ccccc2n1. The van der Waals surface area contributed by atoms with Crippen LogP contribution in [0.2, 0.25) is 0 Å². The summed E-state index contributed by atoms with van der Waals surface area (Å²) in [5.74, 6) is -1.41. The molecule has 0 unspecified atom stereocenters. The summed E-state index contributed by atoms with van der Waals surface area (Å²) in [6, 6.07) is 14.8. The van der Waals surface area contributed by atoms with Crippen LogP contribution < -0.4 is 4.74 Å². The lowest BCUT2D eigenvalue weighted by Crippen LogP contribution is -2.58. The highest BCUT2D eigenvalue weighted by Gasteiger charge is 2.32. The normalized spacial score (nSPS) is 18.9. The molecule has 1 N–H and O–H groups in total. The van der Waals surface area contributed by atoms with Crippen molar-refractivity contribution in [3.8, 4) is 5.88 Å². The quantitative estimate of drug-likeness (QED) is 0.617. The molecular formula is C25H26FN3O4. The highest BCUT2D eigenvalue weighted by atomic mass is 19.1. The van der Waals surface area contributed by atoms with Gasteiger partial charge in [-0.25, -0.2) is 14.2 Å². The van der Waals surface area contributed by atoms with Crippen LogP contribution in [0.4, 0.5) is 4.39 Å². The third-order valence-electron chi connectivity index (χ3n) is 6.00. The van der Waals surface area contributed by atoms with Gasteiger partial charge in [-0.05, 0) is 37.6 Å². The number of pyridine rings is 1. The van der Waals surface area contributed by atoms with E-state index in [2.05, 4.69) is 16.8 Å². The third-order valence-corrected chi connectivity index (χ3v) is 6.00. The molecule has 0 saturated carbocycles. The van der Waals surface area contributed by atoms with Gasteiger partial charge < -0.3 is 14.7 Å². The highest BCUT2D eigenvalue weighted by molar-refractivity contribution is 6.02. The number of hydrogen-bond acceptors (Lipinski definition) is 5. The number of halogens is 1. The van der Waals surface area contributed by atoms with E-state index in [0.717, 1.165) is 5.56 Å². The van der Waals surface area contributed by atoms with Crippen molar-refractivity contribution < 1.29 is 23.8 Å². The first-order valence-electron chi connectivity index (χ1n) is 10.9.